The Balaban J connectivity index is 2.95. The van der Waals surface area contributed by atoms with Gasteiger partial charge in [0, 0.05) is 0 Å². The lowest BCUT2D eigenvalue weighted by atomic mass is 10.2. The Hall–Kier alpha value is -1.29. The maximum atomic E-state index is 11.3. The van der Waals surface area contributed by atoms with Crippen molar-refractivity contribution in [2.24, 2.45) is 14.1 Å². The van der Waals surface area contributed by atoms with Gasteiger partial charge in [0.05, 0.1) is 12.4 Å². The average molecular weight is 207 g/mol. The first-order chi connectivity index (χ1) is 6.63. The number of carbonyl (C=O) groups is 1. The number of hydrogen-bond donors (Lipinski definition) is 1. The van der Waals surface area contributed by atoms with Crippen LogP contribution in [0.3, 0.4) is 0 Å². The summed E-state index contributed by atoms with van der Waals surface area (Å²) in [6, 6.07) is 7.78. The van der Waals surface area contributed by atoms with E-state index in [4.69, 9.17) is 0 Å². The third-order valence-electron chi connectivity index (χ3n) is 2.48. The van der Waals surface area contributed by atoms with E-state index in [0.717, 1.165) is 10.9 Å². The van der Waals surface area contributed by atoms with Crippen molar-refractivity contribution in [3.63, 3.8) is 0 Å². The molecule has 0 unspecified atom stereocenters. The van der Waals surface area contributed by atoms with Gasteiger partial charge in [-0.05, 0) is 12.1 Å². The summed E-state index contributed by atoms with van der Waals surface area (Å²) in [4.78, 5) is 11.3. The molecule has 4 heteroatoms. The summed E-state index contributed by atoms with van der Waals surface area (Å²) in [5.74, 6) is 0. The normalized spacial score (nSPS) is 10.8. The average Bonchev–Trinajstić information content (AvgIpc) is 2.41. The molecule has 72 valence electrons. The fourth-order valence-electron chi connectivity index (χ4n) is 1.70. The van der Waals surface area contributed by atoms with Crippen molar-refractivity contribution >= 4 is 28.6 Å². The number of fused-ring (bicyclic) bond motifs is 1. The summed E-state index contributed by atoms with van der Waals surface area (Å²) in [5.41, 5.74) is 1.67. The Morgan fingerprint density at radius 1 is 1.43 bits per heavy atom. The molecular weight excluding hydrogens is 196 g/mol. The van der Waals surface area contributed by atoms with E-state index in [0.29, 0.717) is 5.69 Å². The van der Waals surface area contributed by atoms with Crippen molar-refractivity contribution in [2.45, 2.75) is 0 Å². The number of hydrogen-bond acceptors (Lipinski definition) is 1. The Morgan fingerprint density at radius 2 is 2.07 bits per heavy atom. The fourth-order valence-corrected chi connectivity index (χ4v) is 1.96. The highest BCUT2D eigenvalue weighted by Crippen LogP contribution is 2.16. The molecule has 2 rings (SSSR count). The summed E-state index contributed by atoms with van der Waals surface area (Å²) in [6.45, 7) is 0. The van der Waals surface area contributed by atoms with E-state index in [1.165, 1.54) is 0 Å². The molecule has 1 heterocycles. The predicted octanol–water partition coefficient (Wildman–Crippen LogP) is 1.07. The van der Waals surface area contributed by atoms with Crippen LogP contribution < -0.4 is 4.68 Å². The molecule has 0 bridgehead atoms. The molecule has 0 atom stereocenters. The van der Waals surface area contributed by atoms with Crippen LogP contribution in [0, 0.1) is 0 Å². The number of benzene rings is 1. The predicted molar refractivity (Wildman–Crippen MR) is 57.4 cm³/mol. The second-order valence-electron chi connectivity index (χ2n) is 3.22. The highest BCUT2D eigenvalue weighted by molar-refractivity contribution is 7.97. The van der Waals surface area contributed by atoms with Gasteiger partial charge in [0.15, 0.2) is 7.05 Å². The van der Waals surface area contributed by atoms with Gasteiger partial charge in [0.1, 0.15) is 5.52 Å². The fraction of sp³-hybridized carbons (Fsp3) is 0.200. The van der Waals surface area contributed by atoms with E-state index in [-0.39, 0.29) is 5.12 Å². The van der Waals surface area contributed by atoms with Gasteiger partial charge in [-0.1, -0.05) is 24.8 Å². The molecule has 0 N–H and O–H groups in total. The first kappa shape index (κ1) is 9.27. The SMILES string of the molecule is Cn1c2ccccc2c(C(=O)S)[n+]1C. The number of thiol groups is 1. The van der Waals surface area contributed by atoms with Gasteiger partial charge in [-0.3, -0.25) is 4.79 Å². The van der Waals surface area contributed by atoms with Crippen LogP contribution in [0.5, 0.6) is 0 Å². The van der Waals surface area contributed by atoms with Crippen molar-refractivity contribution in [3.05, 3.63) is 30.0 Å². The molecule has 0 saturated heterocycles. The first-order valence-electron chi connectivity index (χ1n) is 4.30. The quantitative estimate of drug-likeness (QED) is 0.549. The van der Waals surface area contributed by atoms with Gasteiger partial charge in [0.25, 0.3) is 10.8 Å². The van der Waals surface area contributed by atoms with Gasteiger partial charge in [-0.25, -0.2) is 0 Å². The van der Waals surface area contributed by atoms with Gasteiger partial charge in [-0.15, -0.1) is 4.68 Å². The minimum absolute atomic E-state index is 0.204. The van der Waals surface area contributed by atoms with E-state index in [1.807, 2.05) is 43.0 Å². The highest BCUT2D eigenvalue weighted by Gasteiger charge is 2.23. The zero-order valence-corrected chi connectivity index (χ0v) is 8.95. The number of carbonyl (C=O) groups excluding carboxylic acids is 1. The Bertz CT molecular complexity index is 516. The number of aromatic nitrogens is 2. The summed E-state index contributed by atoms with van der Waals surface area (Å²) in [5, 5.41) is 0.738. The minimum Gasteiger partial charge on any atom is -0.275 e. The second kappa shape index (κ2) is 3.13. The molecule has 3 nitrogen and oxygen atoms in total. The molecule has 0 aliphatic carbocycles. The zero-order valence-electron chi connectivity index (χ0n) is 8.06. The standard InChI is InChI=1S/C10H10N2OS/c1-11-8-6-4-3-5-7(8)9(10(13)14)12(11)2/h3-6H,1-2H3/p+1. The summed E-state index contributed by atoms with van der Waals surface area (Å²) >= 11 is 3.87. The molecule has 2 aromatic rings. The number of rotatable bonds is 1. The number of aryl methyl sites for hydroxylation is 1. The van der Waals surface area contributed by atoms with Crippen LogP contribution >= 0.6 is 12.6 Å². The second-order valence-corrected chi connectivity index (χ2v) is 3.62. The van der Waals surface area contributed by atoms with Gasteiger partial charge in [-0.2, -0.15) is 4.68 Å². The van der Waals surface area contributed by atoms with E-state index in [9.17, 15) is 4.79 Å². The van der Waals surface area contributed by atoms with Crippen LogP contribution in [0.25, 0.3) is 10.9 Å². The number of para-hydroxylation sites is 1. The molecule has 0 aliphatic heterocycles. The van der Waals surface area contributed by atoms with Crippen LogP contribution in [-0.2, 0) is 14.1 Å². The van der Waals surface area contributed by atoms with Crippen molar-refractivity contribution in [1.29, 1.82) is 0 Å². The van der Waals surface area contributed by atoms with Crippen LogP contribution in [0.2, 0.25) is 0 Å². The molecule has 0 spiro atoms. The first-order valence-corrected chi connectivity index (χ1v) is 4.74. The molecule has 1 aromatic heterocycles. The molecule has 0 radical (unpaired) electrons. The Morgan fingerprint density at radius 3 is 2.71 bits per heavy atom. The maximum Gasteiger partial charge on any atom is 0.292 e. The molecule has 0 amide bonds. The molecule has 0 fully saturated rings. The third kappa shape index (κ3) is 1.14. The van der Waals surface area contributed by atoms with Crippen LogP contribution in [0.4, 0.5) is 0 Å². The third-order valence-corrected chi connectivity index (χ3v) is 2.70. The van der Waals surface area contributed by atoms with Crippen LogP contribution in [0.15, 0.2) is 24.3 Å². The monoisotopic (exact) mass is 207 g/mol. The van der Waals surface area contributed by atoms with Crippen molar-refractivity contribution in [2.75, 3.05) is 0 Å². The van der Waals surface area contributed by atoms with E-state index < -0.39 is 0 Å². The molecule has 0 aliphatic rings. The molecular formula is C10H11N2OS+. The maximum absolute atomic E-state index is 11.3. The van der Waals surface area contributed by atoms with Crippen molar-refractivity contribution in [3.8, 4) is 0 Å². The van der Waals surface area contributed by atoms with E-state index in [1.54, 1.807) is 4.68 Å². The number of nitrogens with zero attached hydrogens (tertiary/aromatic N) is 2. The Labute approximate surface area is 87.3 Å². The van der Waals surface area contributed by atoms with Gasteiger partial charge < -0.3 is 0 Å². The largest absolute Gasteiger partial charge is 0.292 e. The van der Waals surface area contributed by atoms with Crippen LogP contribution in [0.1, 0.15) is 10.5 Å². The van der Waals surface area contributed by atoms with Crippen LogP contribution in [-0.4, -0.2) is 9.80 Å². The molecule has 0 saturated carbocycles. The zero-order chi connectivity index (χ0) is 10.3. The summed E-state index contributed by atoms with van der Waals surface area (Å²) in [7, 11) is 3.77. The lowest BCUT2D eigenvalue weighted by Gasteiger charge is -1.90. The van der Waals surface area contributed by atoms with Crippen molar-refractivity contribution in [1.82, 2.24) is 4.68 Å². The summed E-state index contributed by atoms with van der Waals surface area (Å²) < 4.78 is 3.73. The van der Waals surface area contributed by atoms with Gasteiger partial charge >= 0.3 is 0 Å². The smallest absolute Gasteiger partial charge is 0.275 e. The summed E-state index contributed by atoms with van der Waals surface area (Å²) in [6.07, 6.45) is 0. The molecule has 1 aromatic carbocycles. The topological polar surface area (TPSA) is 25.9 Å². The molecule has 14 heavy (non-hydrogen) atoms. The minimum atomic E-state index is -0.204. The lowest BCUT2D eigenvalue weighted by Crippen LogP contribution is -2.41. The van der Waals surface area contributed by atoms with Crippen molar-refractivity contribution < 1.29 is 9.48 Å². The van der Waals surface area contributed by atoms with E-state index in [2.05, 4.69) is 12.6 Å². The van der Waals surface area contributed by atoms with E-state index >= 15 is 0 Å². The van der Waals surface area contributed by atoms with Gasteiger partial charge in [0.2, 0.25) is 0 Å². The highest BCUT2D eigenvalue weighted by atomic mass is 32.1. The Kier molecular flexibility index (Phi) is 2.07. The lowest BCUT2D eigenvalue weighted by molar-refractivity contribution is -0.750.